The van der Waals surface area contributed by atoms with Gasteiger partial charge in [-0.15, -0.1) is 0 Å². The fourth-order valence-electron chi connectivity index (χ4n) is 2.66. The Morgan fingerprint density at radius 2 is 1.92 bits per heavy atom. The zero-order chi connectivity index (χ0) is 18.1. The number of nitrogens with one attached hydrogen (secondary N) is 1. The molecule has 0 aromatic heterocycles. The third-order valence-electron chi connectivity index (χ3n) is 3.92. The van der Waals surface area contributed by atoms with Gasteiger partial charge in [0.2, 0.25) is 0 Å². The Balaban J connectivity index is 2.22. The number of hydrogen-bond acceptors (Lipinski definition) is 3. The molecule has 0 radical (unpaired) electrons. The first-order chi connectivity index (χ1) is 11.9. The minimum atomic E-state index is -1.23. The van der Waals surface area contributed by atoms with Gasteiger partial charge < -0.3 is 5.11 Å². The molecular weight excluding hydrogens is 340 g/mol. The van der Waals surface area contributed by atoms with Gasteiger partial charge in [-0.25, -0.2) is 9.47 Å². The Hall–Kier alpha value is -3.05. The van der Waals surface area contributed by atoms with E-state index in [1.54, 1.807) is 48.5 Å². The van der Waals surface area contributed by atoms with Gasteiger partial charge in [0.1, 0.15) is 0 Å². The number of nitrogens with zero attached hydrogens (tertiary/aromatic N) is 1. The van der Waals surface area contributed by atoms with Crippen molar-refractivity contribution in [3.8, 4) is 11.3 Å². The number of benzene rings is 1. The minimum Gasteiger partial charge on any atom is -0.478 e. The zero-order valence-corrected chi connectivity index (χ0v) is 14.2. The molecule has 1 aromatic rings. The van der Waals surface area contributed by atoms with E-state index in [0.29, 0.717) is 22.0 Å². The maximum Gasteiger partial charge on any atom is 0.335 e. The number of carboxylic acid groups (broad SMARTS) is 1. The minimum absolute atomic E-state index is 0.0674. The third-order valence-corrected chi connectivity index (χ3v) is 4.16. The Morgan fingerprint density at radius 1 is 1.20 bits per heavy atom. The van der Waals surface area contributed by atoms with E-state index in [-0.39, 0.29) is 11.1 Å². The Labute approximate surface area is 149 Å². The van der Waals surface area contributed by atoms with Gasteiger partial charge in [-0.2, -0.15) is 0 Å². The van der Waals surface area contributed by atoms with E-state index in [0.717, 1.165) is 5.56 Å². The highest BCUT2D eigenvalue weighted by Crippen LogP contribution is 2.29. The van der Waals surface area contributed by atoms with Crippen LogP contribution in [0.1, 0.15) is 11.1 Å². The summed E-state index contributed by atoms with van der Waals surface area (Å²) in [5.74, 6) is -1.23. The molecule has 1 aliphatic carbocycles. The number of fused-ring (bicyclic) bond motifs is 1. The van der Waals surface area contributed by atoms with Crippen molar-refractivity contribution in [2.75, 3.05) is 5.43 Å². The van der Waals surface area contributed by atoms with E-state index < -0.39 is 11.5 Å². The molecule has 0 saturated carbocycles. The van der Waals surface area contributed by atoms with Crippen molar-refractivity contribution in [2.45, 2.75) is 6.92 Å². The van der Waals surface area contributed by atoms with Crippen molar-refractivity contribution in [3.05, 3.63) is 81.6 Å². The van der Waals surface area contributed by atoms with Gasteiger partial charge in [0.05, 0.1) is 22.5 Å². The summed E-state index contributed by atoms with van der Waals surface area (Å²) < 4.78 is 1.33. The fraction of sp³-hybridized carbons (Fsp3) is 0.0526. The first-order valence-corrected chi connectivity index (χ1v) is 7.87. The number of aromatic nitrogens is 1. The molecule has 5 nitrogen and oxygen atoms in total. The lowest BCUT2D eigenvalue weighted by Gasteiger charge is -2.12. The number of carboxylic acids is 1. The monoisotopic (exact) mass is 354 g/mol. The predicted molar refractivity (Wildman–Crippen MR) is 99.2 cm³/mol. The lowest BCUT2D eigenvalue weighted by molar-refractivity contribution is -0.130. The Morgan fingerprint density at radius 3 is 2.60 bits per heavy atom. The van der Waals surface area contributed by atoms with E-state index >= 15 is 0 Å². The van der Waals surface area contributed by atoms with E-state index in [1.807, 2.05) is 6.92 Å². The van der Waals surface area contributed by atoms with Gasteiger partial charge in [0.25, 0.3) is 5.56 Å². The first-order valence-electron chi connectivity index (χ1n) is 7.49. The van der Waals surface area contributed by atoms with Gasteiger partial charge in [0.15, 0.2) is 0 Å². The molecule has 2 aliphatic rings. The third kappa shape index (κ3) is 3.02. The zero-order valence-electron chi connectivity index (χ0n) is 13.4. The SMILES string of the molecule is C=C(C(=O)O)c1c2cccccc-2n(Nc2ccc(Cl)cc2C)c1=O. The van der Waals surface area contributed by atoms with Crippen LogP contribution < -0.4 is 11.0 Å². The number of rotatable bonds is 4. The number of halogens is 1. The molecular formula is C19H15ClN2O3. The van der Waals surface area contributed by atoms with E-state index in [1.165, 1.54) is 4.68 Å². The number of anilines is 1. The van der Waals surface area contributed by atoms with Crippen molar-refractivity contribution in [3.63, 3.8) is 0 Å². The molecule has 0 saturated heterocycles. The molecule has 2 N–H and O–H groups in total. The largest absolute Gasteiger partial charge is 0.478 e. The molecule has 6 heteroatoms. The molecule has 0 unspecified atom stereocenters. The molecule has 1 aliphatic heterocycles. The van der Waals surface area contributed by atoms with Gasteiger partial charge in [-0.05, 0) is 36.8 Å². The summed E-state index contributed by atoms with van der Waals surface area (Å²) in [7, 11) is 0. The molecule has 25 heavy (non-hydrogen) atoms. The highest BCUT2D eigenvalue weighted by Gasteiger charge is 2.24. The van der Waals surface area contributed by atoms with Gasteiger partial charge in [-0.1, -0.05) is 42.4 Å². The van der Waals surface area contributed by atoms with Crippen molar-refractivity contribution in [1.29, 1.82) is 0 Å². The van der Waals surface area contributed by atoms with E-state index in [9.17, 15) is 14.7 Å². The molecule has 3 rings (SSSR count). The average molecular weight is 355 g/mol. The van der Waals surface area contributed by atoms with Crippen LogP contribution in [-0.2, 0) is 4.79 Å². The van der Waals surface area contributed by atoms with Crippen LogP contribution in [0.5, 0.6) is 0 Å². The molecule has 0 fully saturated rings. The van der Waals surface area contributed by atoms with Crippen LogP contribution in [0.3, 0.4) is 0 Å². The normalized spacial score (nSPS) is 10.6. The number of aryl methyl sites for hydroxylation is 1. The van der Waals surface area contributed by atoms with Crippen LogP contribution in [0.2, 0.25) is 5.02 Å². The summed E-state index contributed by atoms with van der Waals surface area (Å²) >= 11 is 5.97. The summed E-state index contributed by atoms with van der Waals surface area (Å²) in [6.07, 6.45) is 0. The van der Waals surface area contributed by atoms with E-state index in [4.69, 9.17) is 11.6 Å². The van der Waals surface area contributed by atoms with Crippen molar-refractivity contribution < 1.29 is 9.90 Å². The summed E-state index contributed by atoms with van der Waals surface area (Å²) in [4.78, 5) is 24.2. The molecule has 0 amide bonds. The smallest absolute Gasteiger partial charge is 0.335 e. The van der Waals surface area contributed by atoms with Crippen LogP contribution in [-0.4, -0.2) is 15.8 Å². The van der Waals surface area contributed by atoms with Crippen molar-refractivity contribution >= 4 is 28.8 Å². The summed E-state index contributed by atoms with van der Waals surface area (Å²) in [6.45, 7) is 5.41. The predicted octanol–water partition coefficient (Wildman–Crippen LogP) is 3.89. The van der Waals surface area contributed by atoms with E-state index in [2.05, 4.69) is 12.0 Å². The van der Waals surface area contributed by atoms with Crippen molar-refractivity contribution in [1.82, 2.24) is 4.68 Å². The standard InChI is InChI=1S/C19H15ClN2O3/c1-11-10-13(20)8-9-15(11)21-22-16-7-5-3-4-6-14(16)17(18(22)23)12(2)19(24)25/h3-10,21H,2H2,1H3,(H,24,25). The highest BCUT2D eigenvalue weighted by molar-refractivity contribution is 6.30. The molecule has 1 aromatic carbocycles. The quantitative estimate of drug-likeness (QED) is 0.697. The van der Waals surface area contributed by atoms with Crippen molar-refractivity contribution in [2.24, 2.45) is 0 Å². The maximum absolute atomic E-state index is 12.9. The average Bonchev–Trinajstić information content (AvgIpc) is 2.71. The second kappa shape index (κ2) is 6.45. The Bertz CT molecular complexity index is 1020. The Kier molecular flexibility index (Phi) is 4.33. The first kappa shape index (κ1) is 16.8. The van der Waals surface area contributed by atoms with Gasteiger partial charge >= 0.3 is 5.97 Å². The number of carbonyl (C=O) groups is 1. The molecule has 0 atom stereocenters. The summed E-state index contributed by atoms with van der Waals surface area (Å²) in [6, 6.07) is 14.0. The molecule has 0 spiro atoms. The van der Waals surface area contributed by atoms with Crippen LogP contribution in [0.25, 0.3) is 16.8 Å². The van der Waals surface area contributed by atoms with Gasteiger partial charge in [0, 0.05) is 10.6 Å². The lowest BCUT2D eigenvalue weighted by Crippen LogP contribution is -2.25. The highest BCUT2D eigenvalue weighted by atomic mass is 35.5. The molecule has 0 bridgehead atoms. The summed E-state index contributed by atoms with van der Waals surface area (Å²) in [5.41, 5.74) is 5.03. The second-order valence-electron chi connectivity index (χ2n) is 5.58. The van der Waals surface area contributed by atoms with Crippen LogP contribution in [0.4, 0.5) is 5.69 Å². The fourth-order valence-corrected chi connectivity index (χ4v) is 2.89. The molecule has 126 valence electrons. The van der Waals surface area contributed by atoms with Crippen LogP contribution in [0.15, 0.2) is 59.9 Å². The maximum atomic E-state index is 12.9. The van der Waals surface area contributed by atoms with Crippen LogP contribution in [0, 0.1) is 6.92 Å². The lowest BCUT2D eigenvalue weighted by atomic mass is 10.0. The second-order valence-corrected chi connectivity index (χ2v) is 6.02. The number of aliphatic carboxylic acids is 1. The van der Waals surface area contributed by atoms with Crippen LogP contribution >= 0.6 is 11.6 Å². The number of hydrogen-bond donors (Lipinski definition) is 2. The molecule has 1 heterocycles. The van der Waals surface area contributed by atoms with Gasteiger partial charge in [-0.3, -0.25) is 10.2 Å². The summed E-state index contributed by atoms with van der Waals surface area (Å²) in [5, 5.41) is 9.86. The topological polar surface area (TPSA) is 71.3 Å².